The normalized spacial score (nSPS) is 15.9. The van der Waals surface area contributed by atoms with Gasteiger partial charge < -0.3 is 10.1 Å². The SMILES string of the molecule is CCCNC(C(C)C)C(C)COCC. The Morgan fingerprint density at radius 3 is 2.21 bits per heavy atom. The second kappa shape index (κ2) is 8.25. The fourth-order valence-corrected chi connectivity index (χ4v) is 1.81. The summed E-state index contributed by atoms with van der Waals surface area (Å²) in [6, 6.07) is 0.585. The van der Waals surface area contributed by atoms with Gasteiger partial charge in [0.05, 0.1) is 6.61 Å². The Labute approximate surface area is 89.4 Å². The summed E-state index contributed by atoms with van der Waals surface area (Å²) in [5.41, 5.74) is 0. The van der Waals surface area contributed by atoms with Crippen molar-refractivity contribution in [3.63, 3.8) is 0 Å². The fraction of sp³-hybridized carbons (Fsp3) is 1.00. The van der Waals surface area contributed by atoms with E-state index in [0.717, 1.165) is 19.8 Å². The largest absolute Gasteiger partial charge is 0.381 e. The molecule has 86 valence electrons. The van der Waals surface area contributed by atoms with Gasteiger partial charge in [0, 0.05) is 12.6 Å². The van der Waals surface area contributed by atoms with Gasteiger partial charge in [0.1, 0.15) is 0 Å². The van der Waals surface area contributed by atoms with Crippen molar-refractivity contribution in [3.8, 4) is 0 Å². The van der Waals surface area contributed by atoms with E-state index in [1.165, 1.54) is 6.42 Å². The molecule has 0 aliphatic carbocycles. The molecule has 0 amide bonds. The van der Waals surface area contributed by atoms with Crippen LogP contribution in [0, 0.1) is 11.8 Å². The van der Waals surface area contributed by atoms with Gasteiger partial charge in [-0.25, -0.2) is 0 Å². The summed E-state index contributed by atoms with van der Waals surface area (Å²) in [7, 11) is 0. The van der Waals surface area contributed by atoms with Gasteiger partial charge in [-0.3, -0.25) is 0 Å². The van der Waals surface area contributed by atoms with Gasteiger partial charge in [-0.1, -0.05) is 27.7 Å². The molecule has 0 radical (unpaired) electrons. The molecule has 0 saturated heterocycles. The Bertz CT molecular complexity index is 125. The lowest BCUT2D eigenvalue weighted by atomic mass is 9.92. The minimum absolute atomic E-state index is 0.585. The maximum atomic E-state index is 5.47. The van der Waals surface area contributed by atoms with E-state index in [2.05, 4.69) is 39.9 Å². The lowest BCUT2D eigenvalue weighted by molar-refractivity contribution is 0.0922. The highest BCUT2D eigenvalue weighted by Crippen LogP contribution is 2.13. The minimum atomic E-state index is 0.585. The Kier molecular flexibility index (Phi) is 8.20. The van der Waals surface area contributed by atoms with Crippen molar-refractivity contribution in [1.82, 2.24) is 5.32 Å². The van der Waals surface area contributed by atoms with Crippen LogP contribution in [0.4, 0.5) is 0 Å². The summed E-state index contributed by atoms with van der Waals surface area (Å²) >= 11 is 0. The van der Waals surface area contributed by atoms with Crippen molar-refractivity contribution in [2.45, 2.75) is 47.1 Å². The van der Waals surface area contributed by atoms with Crippen LogP contribution in [-0.2, 0) is 4.74 Å². The Balaban J connectivity index is 3.91. The van der Waals surface area contributed by atoms with E-state index >= 15 is 0 Å². The Hall–Kier alpha value is -0.0800. The lowest BCUT2D eigenvalue weighted by Crippen LogP contribution is -2.41. The number of hydrogen-bond acceptors (Lipinski definition) is 2. The highest BCUT2D eigenvalue weighted by atomic mass is 16.5. The third-order valence-corrected chi connectivity index (χ3v) is 2.55. The first-order chi connectivity index (χ1) is 6.63. The van der Waals surface area contributed by atoms with E-state index in [1.807, 2.05) is 0 Å². The molecular formula is C12H27NO. The molecule has 2 nitrogen and oxygen atoms in total. The van der Waals surface area contributed by atoms with Gasteiger partial charge in [-0.05, 0) is 31.7 Å². The number of rotatable bonds is 8. The molecular weight excluding hydrogens is 174 g/mol. The van der Waals surface area contributed by atoms with Gasteiger partial charge in [0.15, 0.2) is 0 Å². The summed E-state index contributed by atoms with van der Waals surface area (Å²) in [5, 5.41) is 3.60. The predicted molar refractivity (Wildman–Crippen MR) is 62.6 cm³/mol. The van der Waals surface area contributed by atoms with Gasteiger partial charge in [0.2, 0.25) is 0 Å². The van der Waals surface area contributed by atoms with Crippen LogP contribution in [0.5, 0.6) is 0 Å². The number of nitrogens with one attached hydrogen (secondary N) is 1. The van der Waals surface area contributed by atoms with Crippen molar-refractivity contribution < 1.29 is 4.74 Å². The highest BCUT2D eigenvalue weighted by molar-refractivity contribution is 4.76. The van der Waals surface area contributed by atoms with E-state index in [1.54, 1.807) is 0 Å². The summed E-state index contributed by atoms with van der Waals surface area (Å²) < 4.78 is 5.47. The Morgan fingerprint density at radius 1 is 1.14 bits per heavy atom. The van der Waals surface area contributed by atoms with Crippen LogP contribution in [0.15, 0.2) is 0 Å². The average Bonchev–Trinajstić information content (AvgIpc) is 2.14. The van der Waals surface area contributed by atoms with Crippen LogP contribution in [0.25, 0.3) is 0 Å². The highest BCUT2D eigenvalue weighted by Gasteiger charge is 2.19. The summed E-state index contributed by atoms with van der Waals surface area (Å²) in [6.07, 6.45) is 1.20. The van der Waals surface area contributed by atoms with Gasteiger partial charge >= 0.3 is 0 Å². The molecule has 0 aromatic rings. The zero-order valence-electron chi connectivity index (χ0n) is 10.5. The summed E-state index contributed by atoms with van der Waals surface area (Å²) in [4.78, 5) is 0. The summed E-state index contributed by atoms with van der Waals surface area (Å²) in [6.45, 7) is 13.9. The molecule has 0 aromatic heterocycles. The van der Waals surface area contributed by atoms with Crippen LogP contribution in [0.3, 0.4) is 0 Å². The average molecular weight is 201 g/mol. The maximum Gasteiger partial charge on any atom is 0.0506 e. The first-order valence-electron chi connectivity index (χ1n) is 5.94. The van der Waals surface area contributed by atoms with Crippen LogP contribution in [-0.4, -0.2) is 25.8 Å². The van der Waals surface area contributed by atoms with Crippen molar-refractivity contribution in [2.75, 3.05) is 19.8 Å². The van der Waals surface area contributed by atoms with E-state index in [4.69, 9.17) is 4.74 Å². The zero-order chi connectivity index (χ0) is 11.0. The van der Waals surface area contributed by atoms with Crippen LogP contribution in [0.1, 0.15) is 41.0 Å². The van der Waals surface area contributed by atoms with Crippen LogP contribution in [0.2, 0.25) is 0 Å². The molecule has 0 rings (SSSR count). The fourth-order valence-electron chi connectivity index (χ4n) is 1.81. The topological polar surface area (TPSA) is 21.3 Å². The van der Waals surface area contributed by atoms with E-state index in [-0.39, 0.29) is 0 Å². The second-order valence-corrected chi connectivity index (χ2v) is 4.36. The van der Waals surface area contributed by atoms with E-state index < -0.39 is 0 Å². The third-order valence-electron chi connectivity index (χ3n) is 2.55. The minimum Gasteiger partial charge on any atom is -0.381 e. The van der Waals surface area contributed by atoms with Crippen molar-refractivity contribution in [3.05, 3.63) is 0 Å². The van der Waals surface area contributed by atoms with Crippen LogP contribution < -0.4 is 5.32 Å². The predicted octanol–water partition coefficient (Wildman–Crippen LogP) is 2.68. The molecule has 0 aliphatic rings. The molecule has 0 aliphatic heterocycles. The number of hydrogen-bond donors (Lipinski definition) is 1. The molecule has 0 aromatic carbocycles. The molecule has 0 heterocycles. The van der Waals surface area contributed by atoms with Gasteiger partial charge in [0.25, 0.3) is 0 Å². The molecule has 0 bridgehead atoms. The zero-order valence-corrected chi connectivity index (χ0v) is 10.5. The van der Waals surface area contributed by atoms with Gasteiger partial charge in [-0.2, -0.15) is 0 Å². The molecule has 14 heavy (non-hydrogen) atoms. The molecule has 2 atom stereocenters. The second-order valence-electron chi connectivity index (χ2n) is 4.36. The number of ether oxygens (including phenoxy) is 1. The molecule has 0 fully saturated rings. The lowest BCUT2D eigenvalue weighted by Gasteiger charge is -2.28. The van der Waals surface area contributed by atoms with Crippen molar-refractivity contribution in [2.24, 2.45) is 11.8 Å². The first-order valence-corrected chi connectivity index (χ1v) is 5.94. The molecule has 0 spiro atoms. The van der Waals surface area contributed by atoms with Crippen LogP contribution >= 0.6 is 0 Å². The van der Waals surface area contributed by atoms with Crippen molar-refractivity contribution >= 4 is 0 Å². The Morgan fingerprint density at radius 2 is 1.79 bits per heavy atom. The van der Waals surface area contributed by atoms with E-state index in [9.17, 15) is 0 Å². The molecule has 0 saturated carbocycles. The molecule has 1 N–H and O–H groups in total. The molecule has 2 heteroatoms. The first kappa shape index (κ1) is 13.9. The van der Waals surface area contributed by atoms with Crippen molar-refractivity contribution in [1.29, 1.82) is 0 Å². The summed E-state index contributed by atoms with van der Waals surface area (Å²) in [5.74, 6) is 1.28. The smallest absolute Gasteiger partial charge is 0.0506 e. The molecule has 2 unspecified atom stereocenters. The quantitative estimate of drug-likeness (QED) is 0.652. The standard InChI is InChI=1S/C12H27NO/c1-6-8-13-12(10(3)4)11(5)9-14-7-2/h10-13H,6-9H2,1-5H3. The maximum absolute atomic E-state index is 5.47. The monoisotopic (exact) mass is 201 g/mol. The third kappa shape index (κ3) is 5.61. The van der Waals surface area contributed by atoms with E-state index in [0.29, 0.717) is 17.9 Å². The van der Waals surface area contributed by atoms with Gasteiger partial charge in [-0.15, -0.1) is 0 Å².